The number of nitrogens with zero attached hydrogens (tertiary/aromatic N) is 1. The van der Waals surface area contributed by atoms with E-state index in [9.17, 15) is 9.59 Å². The summed E-state index contributed by atoms with van der Waals surface area (Å²) in [4.78, 5) is 25.1. The van der Waals surface area contributed by atoms with Gasteiger partial charge in [0.25, 0.3) is 0 Å². The van der Waals surface area contributed by atoms with E-state index >= 15 is 0 Å². The minimum atomic E-state index is -0.453. The fourth-order valence-electron chi connectivity index (χ4n) is 3.35. The van der Waals surface area contributed by atoms with Crippen LogP contribution in [0.25, 0.3) is 0 Å². The van der Waals surface area contributed by atoms with E-state index in [-0.39, 0.29) is 17.9 Å². The lowest BCUT2D eigenvalue weighted by Gasteiger charge is -2.32. The van der Waals surface area contributed by atoms with Crippen molar-refractivity contribution in [1.82, 2.24) is 4.90 Å². The van der Waals surface area contributed by atoms with Crippen molar-refractivity contribution in [2.24, 2.45) is 0 Å². The Morgan fingerprint density at radius 2 is 1.86 bits per heavy atom. The number of rotatable bonds is 2. The Morgan fingerprint density at radius 1 is 1.10 bits per heavy atom. The van der Waals surface area contributed by atoms with E-state index in [1.165, 1.54) is 10.5 Å². The highest BCUT2D eigenvalue weighted by Crippen LogP contribution is 2.35. The molecule has 112 valence electrons. The Kier molecular flexibility index (Phi) is 4.23. The molecule has 1 aromatic rings. The Balaban J connectivity index is 1.70. The van der Waals surface area contributed by atoms with Gasteiger partial charge in [-0.05, 0) is 31.2 Å². The lowest BCUT2D eigenvalue weighted by Crippen LogP contribution is -2.37. The van der Waals surface area contributed by atoms with Crippen molar-refractivity contribution in [3.8, 4) is 0 Å². The molecule has 0 radical (unpaired) electrons. The summed E-state index contributed by atoms with van der Waals surface area (Å²) in [6.07, 6.45) is 4.81. The first-order valence-electron chi connectivity index (χ1n) is 7.81. The topological polar surface area (TPSA) is 46.6 Å². The zero-order valence-corrected chi connectivity index (χ0v) is 12.2. The lowest BCUT2D eigenvalue weighted by molar-refractivity contribution is -0.126. The Morgan fingerprint density at radius 3 is 2.57 bits per heavy atom. The fraction of sp³-hybridized carbons (Fsp3) is 0.529. The maximum atomic E-state index is 12.2. The number of amides is 2. The molecule has 0 unspecified atom stereocenters. The largest absolute Gasteiger partial charge is 0.445 e. The third-order valence-electron chi connectivity index (χ3n) is 4.48. The van der Waals surface area contributed by atoms with Crippen molar-refractivity contribution in [3.05, 3.63) is 35.9 Å². The second-order valence-electron chi connectivity index (χ2n) is 5.87. The molecule has 1 saturated heterocycles. The van der Waals surface area contributed by atoms with Gasteiger partial charge in [-0.1, -0.05) is 36.8 Å². The molecule has 2 amide bonds. The summed E-state index contributed by atoms with van der Waals surface area (Å²) in [7, 11) is 0. The van der Waals surface area contributed by atoms with E-state index in [0.717, 1.165) is 32.1 Å². The number of likely N-dealkylation sites (tertiary alicyclic amines) is 1. The average molecular weight is 287 g/mol. The molecule has 1 heterocycles. The molecule has 3 rings (SSSR count). The van der Waals surface area contributed by atoms with Crippen molar-refractivity contribution in [2.75, 3.05) is 6.54 Å². The highest BCUT2D eigenvalue weighted by Gasteiger charge is 2.34. The Bertz CT molecular complexity index is 514. The normalized spacial score (nSPS) is 25.9. The maximum absolute atomic E-state index is 12.2. The van der Waals surface area contributed by atoms with Gasteiger partial charge in [-0.25, -0.2) is 9.69 Å². The summed E-state index contributed by atoms with van der Waals surface area (Å²) in [5.41, 5.74) is 1.22. The molecule has 4 heteroatoms. The number of carbonyl (C=O) groups is 2. The predicted octanol–water partition coefficient (Wildman–Crippen LogP) is 3.47. The van der Waals surface area contributed by atoms with Crippen LogP contribution in [-0.4, -0.2) is 29.5 Å². The zero-order chi connectivity index (χ0) is 14.7. The molecule has 1 aromatic carbocycles. The van der Waals surface area contributed by atoms with E-state index in [4.69, 9.17) is 4.74 Å². The highest BCUT2D eigenvalue weighted by molar-refractivity contribution is 5.93. The first kappa shape index (κ1) is 14.1. The second-order valence-corrected chi connectivity index (χ2v) is 5.87. The van der Waals surface area contributed by atoms with Gasteiger partial charge < -0.3 is 4.74 Å². The van der Waals surface area contributed by atoms with Crippen LogP contribution in [0.15, 0.2) is 30.3 Å². The summed E-state index contributed by atoms with van der Waals surface area (Å²) < 4.78 is 5.68. The summed E-state index contributed by atoms with van der Waals surface area (Å²) in [5, 5.41) is 0. The molecule has 1 aliphatic heterocycles. The van der Waals surface area contributed by atoms with Crippen molar-refractivity contribution in [2.45, 2.75) is 50.5 Å². The van der Waals surface area contributed by atoms with E-state index in [1.807, 2.05) is 18.2 Å². The third-order valence-corrected chi connectivity index (χ3v) is 4.48. The van der Waals surface area contributed by atoms with Gasteiger partial charge in [-0.3, -0.25) is 4.79 Å². The fourth-order valence-corrected chi connectivity index (χ4v) is 3.35. The number of carbonyl (C=O) groups excluding carboxylic acids is 2. The van der Waals surface area contributed by atoms with Gasteiger partial charge in [-0.15, -0.1) is 0 Å². The molecular weight excluding hydrogens is 266 g/mol. The van der Waals surface area contributed by atoms with Crippen LogP contribution in [0.5, 0.6) is 0 Å². The standard InChI is InChI=1S/C17H21NO3/c19-16-11-6-12-18(16)17(20)21-15-10-5-4-9-14(15)13-7-2-1-3-8-13/h1-3,7-8,14-15H,4-6,9-12H2/t14-,15+/m0/s1. The van der Waals surface area contributed by atoms with Gasteiger partial charge >= 0.3 is 6.09 Å². The van der Waals surface area contributed by atoms with Crippen molar-refractivity contribution >= 4 is 12.0 Å². The van der Waals surface area contributed by atoms with E-state index in [1.54, 1.807) is 0 Å². The van der Waals surface area contributed by atoms with Gasteiger partial charge in [0, 0.05) is 18.9 Å². The molecule has 0 aromatic heterocycles. The number of benzene rings is 1. The zero-order valence-electron chi connectivity index (χ0n) is 12.2. The third kappa shape index (κ3) is 3.09. The van der Waals surface area contributed by atoms with Crippen molar-refractivity contribution in [3.63, 3.8) is 0 Å². The van der Waals surface area contributed by atoms with E-state index in [0.29, 0.717) is 13.0 Å². The molecular formula is C17H21NO3. The maximum Gasteiger partial charge on any atom is 0.416 e. The summed E-state index contributed by atoms with van der Waals surface area (Å²) in [6.45, 7) is 0.500. The van der Waals surface area contributed by atoms with Crippen LogP contribution in [-0.2, 0) is 9.53 Å². The second kappa shape index (κ2) is 6.29. The molecule has 2 atom stereocenters. The number of hydrogen-bond acceptors (Lipinski definition) is 3. The minimum absolute atomic E-state index is 0.105. The predicted molar refractivity (Wildman–Crippen MR) is 78.9 cm³/mol. The Labute approximate surface area is 125 Å². The van der Waals surface area contributed by atoms with E-state index < -0.39 is 6.09 Å². The number of ether oxygens (including phenoxy) is 1. The molecule has 0 bridgehead atoms. The first-order valence-corrected chi connectivity index (χ1v) is 7.81. The summed E-state index contributed by atoms with van der Waals surface area (Å²) >= 11 is 0. The molecule has 0 N–H and O–H groups in total. The molecule has 21 heavy (non-hydrogen) atoms. The van der Waals surface area contributed by atoms with Crippen LogP contribution >= 0.6 is 0 Å². The first-order chi connectivity index (χ1) is 10.3. The van der Waals surface area contributed by atoms with Crippen LogP contribution in [0.1, 0.15) is 50.0 Å². The highest BCUT2D eigenvalue weighted by atomic mass is 16.6. The molecule has 1 aliphatic carbocycles. The Hall–Kier alpha value is -1.84. The van der Waals surface area contributed by atoms with Gasteiger partial charge in [0.05, 0.1) is 0 Å². The van der Waals surface area contributed by atoms with Crippen molar-refractivity contribution in [1.29, 1.82) is 0 Å². The molecule has 2 fully saturated rings. The summed E-state index contributed by atoms with van der Waals surface area (Å²) in [6, 6.07) is 10.2. The smallest absolute Gasteiger partial charge is 0.416 e. The lowest BCUT2D eigenvalue weighted by atomic mass is 9.81. The number of hydrogen-bond donors (Lipinski definition) is 0. The van der Waals surface area contributed by atoms with Crippen LogP contribution < -0.4 is 0 Å². The minimum Gasteiger partial charge on any atom is -0.445 e. The monoisotopic (exact) mass is 287 g/mol. The van der Waals surface area contributed by atoms with Gasteiger partial charge in [0.2, 0.25) is 5.91 Å². The van der Waals surface area contributed by atoms with Gasteiger partial charge in [0.1, 0.15) is 6.10 Å². The summed E-state index contributed by atoms with van der Waals surface area (Å²) in [5.74, 6) is 0.147. The van der Waals surface area contributed by atoms with Gasteiger partial charge in [0.15, 0.2) is 0 Å². The molecule has 4 nitrogen and oxygen atoms in total. The van der Waals surface area contributed by atoms with Crippen LogP contribution in [0.2, 0.25) is 0 Å². The van der Waals surface area contributed by atoms with Crippen LogP contribution in [0.4, 0.5) is 4.79 Å². The van der Waals surface area contributed by atoms with Gasteiger partial charge in [-0.2, -0.15) is 0 Å². The molecule has 0 spiro atoms. The van der Waals surface area contributed by atoms with Crippen LogP contribution in [0, 0.1) is 0 Å². The SMILES string of the molecule is O=C1CCCN1C(=O)O[C@@H]1CCCC[C@H]1c1ccccc1. The average Bonchev–Trinajstić information content (AvgIpc) is 2.95. The van der Waals surface area contributed by atoms with E-state index in [2.05, 4.69) is 12.1 Å². The molecule has 1 saturated carbocycles. The quantitative estimate of drug-likeness (QED) is 0.836. The number of imide groups is 1. The molecule has 2 aliphatic rings. The van der Waals surface area contributed by atoms with Crippen LogP contribution in [0.3, 0.4) is 0 Å². The van der Waals surface area contributed by atoms with Crippen molar-refractivity contribution < 1.29 is 14.3 Å².